The van der Waals surface area contributed by atoms with Gasteiger partial charge in [0.05, 0.1) is 7.11 Å². The molecule has 1 N–H and O–H groups in total. The SMILES string of the molecule is COc1ccc(C)cc1-n1cc(C)c(=O)c(C(=O)O)n1. The maximum Gasteiger partial charge on any atom is 0.360 e. The Bertz CT molecular complexity index is 734. The molecule has 0 aliphatic rings. The summed E-state index contributed by atoms with van der Waals surface area (Å²) in [5, 5.41) is 12.9. The summed E-state index contributed by atoms with van der Waals surface area (Å²) in [6.07, 6.45) is 1.49. The summed E-state index contributed by atoms with van der Waals surface area (Å²) in [5.41, 5.74) is 0.767. The molecule has 2 aromatic rings. The Morgan fingerprint density at radius 2 is 2.05 bits per heavy atom. The van der Waals surface area contributed by atoms with E-state index in [0.717, 1.165) is 5.56 Å². The summed E-state index contributed by atoms with van der Waals surface area (Å²) < 4.78 is 6.59. The lowest BCUT2D eigenvalue weighted by atomic mass is 10.2. The van der Waals surface area contributed by atoms with E-state index in [-0.39, 0.29) is 0 Å². The second-order valence-corrected chi connectivity index (χ2v) is 4.41. The molecular formula is C14H14N2O4. The van der Waals surface area contributed by atoms with Crippen LogP contribution in [0.4, 0.5) is 0 Å². The molecule has 1 aromatic carbocycles. The van der Waals surface area contributed by atoms with Crippen LogP contribution in [-0.4, -0.2) is 28.0 Å². The molecule has 104 valence electrons. The van der Waals surface area contributed by atoms with Crippen LogP contribution in [0.2, 0.25) is 0 Å². The number of aryl methyl sites for hydroxylation is 2. The maximum atomic E-state index is 11.7. The van der Waals surface area contributed by atoms with E-state index in [2.05, 4.69) is 5.10 Å². The van der Waals surface area contributed by atoms with Gasteiger partial charge in [-0.05, 0) is 31.5 Å². The van der Waals surface area contributed by atoms with Gasteiger partial charge in [0, 0.05) is 11.8 Å². The molecule has 0 aliphatic carbocycles. The van der Waals surface area contributed by atoms with Crippen molar-refractivity contribution in [1.82, 2.24) is 9.78 Å². The van der Waals surface area contributed by atoms with E-state index in [0.29, 0.717) is 17.0 Å². The molecule has 0 amide bonds. The molecule has 6 nitrogen and oxygen atoms in total. The van der Waals surface area contributed by atoms with Gasteiger partial charge >= 0.3 is 5.97 Å². The smallest absolute Gasteiger partial charge is 0.360 e. The molecule has 6 heteroatoms. The second kappa shape index (κ2) is 5.16. The van der Waals surface area contributed by atoms with Crippen molar-refractivity contribution in [1.29, 1.82) is 0 Å². The van der Waals surface area contributed by atoms with E-state index in [1.165, 1.54) is 18.0 Å². The van der Waals surface area contributed by atoms with Crippen molar-refractivity contribution in [3.63, 3.8) is 0 Å². The first-order valence-corrected chi connectivity index (χ1v) is 5.93. The van der Waals surface area contributed by atoms with Crippen molar-refractivity contribution in [2.24, 2.45) is 0 Å². The highest BCUT2D eigenvalue weighted by atomic mass is 16.5. The third-order valence-corrected chi connectivity index (χ3v) is 2.88. The summed E-state index contributed by atoms with van der Waals surface area (Å²) in [7, 11) is 1.52. The first-order chi connectivity index (χ1) is 9.43. The first kappa shape index (κ1) is 13.8. The van der Waals surface area contributed by atoms with Crippen molar-refractivity contribution in [2.75, 3.05) is 7.11 Å². The fourth-order valence-corrected chi connectivity index (χ4v) is 1.85. The molecule has 1 aromatic heterocycles. The minimum absolute atomic E-state index is 0.306. The van der Waals surface area contributed by atoms with Gasteiger partial charge in [-0.2, -0.15) is 5.10 Å². The quantitative estimate of drug-likeness (QED) is 0.918. The number of aromatic carboxylic acids is 1. The number of methoxy groups -OCH3 is 1. The van der Waals surface area contributed by atoms with Gasteiger partial charge in [0.1, 0.15) is 11.4 Å². The average molecular weight is 274 g/mol. The summed E-state index contributed by atoms with van der Waals surface area (Å²) in [6, 6.07) is 5.44. The lowest BCUT2D eigenvalue weighted by Crippen LogP contribution is -2.23. The van der Waals surface area contributed by atoms with Crippen molar-refractivity contribution >= 4 is 5.97 Å². The number of aromatic nitrogens is 2. The van der Waals surface area contributed by atoms with Crippen LogP contribution in [0.15, 0.2) is 29.2 Å². The van der Waals surface area contributed by atoms with E-state index in [1.54, 1.807) is 19.1 Å². The van der Waals surface area contributed by atoms with Crippen LogP contribution in [0.5, 0.6) is 5.75 Å². The Morgan fingerprint density at radius 3 is 2.65 bits per heavy atom. The van der Waals surface area contributed by atoms with Gasteiger partial charge in [0.25, 0.3) is 0 Å². The minimum Gasteiger partial charge on any atom is -0.494 e. The van der Waals surface area contributed by atoms with Gasteiger partial charge in [0.15, 0.2) is 0 Å². The van der Waals surface area contributed by atoms with E-state index in [1.807, 2.05) is 13.0 Å². The summed E-state index contributed by atoms with van der Waals surface area (Å²) in [4.78, 5) is 22.8. The molecule has 20 heavy (non-hydrogen) atoms. The number of carboxylic acids is 1. The summed E-state index contributed by atoms with van der Waals surface area (Å²) in [5.74, 6) is -0.804. The number of carbonyl (C=O) groups is 1. The molecule has 0 saturated heterocycles. The number of benzene rings is 1. The standard InChI is InChI=1S/C14H14N2O4/c1-8-4-5-11(20-3)10(6-8)16-7-9(2)13(17)12(15-16)14(18)19/h4-7H,1-3H3,(H,18,19). The van der Waals surface area contributed by atoms with Crippen LogP contribution in [0, 0.1) is 13.8 Å². The Labute approximate surface area is 115 Å². The fourth-order valence-electron chi connectivity index (χ4n) is 1.85. The molecular weight excluding hydrogens is 260 g/mol. The van der Waals surface area contributed by atoms with E-state index >= 15 is 0 Å². The number of hydrogen-bond donors (Lipinski definition) is 1. The summed E-state index contributed by atoms with van der Waals surface area (Å²) in [6.45, 7) is 3.45. The number of nitrogens with zero attached hydrogens (tertiary/aromatic N) is 2. The predicted octanol–water partition coefficient (Wildman–Crippen LogP) is 1.56. The van der Waals surface area contributed by atoms with Crippen LogP contribution < -0.4 is 10.2 Å². The largest absolute Gasteiger partial charge is 0.494 e. The lowest BCUT2D eigenvalue weighted by Gasteiger charge is -2.12. The van der Waals surface area contributed by atoms with Gasteiger partial charge in [-0.1, -0.05) is 6.07 Å². The Kier molecular flexibility index (Phi) is 3.56. The average Bonchev–Trinajstić information content (AvgIpc) is 2.41. The van der Waals surface area contributed by atoms with E-state index < -0.39 is 17.1 Å². The molecule has 0 radical (unpaired) electrons. The zero-order valence-corrected chi connectivity index (χ0v) is 11.4. The minimum atomic E-state index is -1.35. The normalized spacial score (nSPS) is 10.3. The molecule has 0 unspecified atom stereocenters. The van der Waals surface area contributed by atoms with Gasteiger partial charge in [-0.15, -0.1) is 0 Å². The van der Waals surface area contributed by atoms with Crippen LogP contribution in [-0.2, 0) is 0 Å². The zero-order chi connectivity index (χ0) is 14.9. The fraction of sp³-hybridized carbons (Fsp3) is 0.214. The Hall–Kier alpha value is -2.63. The molecule has 2 rings (SSSR count). The predicted molar refractivity (Wildman–Crippen MR) is 72.8 cm³/mol. The third kappa shape index (κ3) is 2.40. The zero-order valence-electron chi connectivity index (χ0n) is 11.4. The van der Waals surface area contributed by atoms with Crippen LogP contribution in [0.1, 0.15) is 21.6 Å². The summed E-state index contributed by atoms with van der Waals surface area (Å²) >= 11 is 0. The number of rotatable bonds is 3. The molecule has 0 aliphatic heterocycles. The van der Waals surface area contributed by atoms with Crippen LogP contribution in [0.3, 0.4) is 0 Å². The highest BCUT2D eigenvalue weighted by molar-refractivity contribution is 5.85. The number of ether oxygens (including phenoxy) is 1. The van der Waals surface area contributed by atoms with Crippen molar-refractivity contribution < 1.29 is 14.6 Å². The van der Waals surface area contributed by atoms with E-state index in [9.17, 15) is 9.59 Å². The maximum absolute atomic E-state index is 11.7. The van der Waals surface area contributed by atoms with Gasteiger partial charge in [-0.25, -0.2) is 9.48 Å². The molecule has 0 spiro atoms. The van der Waals surface area contributed by atoms with Crippen LogP contribution >= 0.6 is 0 Å². The van der Waals surface area contributed by atoms with Gasteiger partial charge in [0.2, 0.25) is 11.1 Å². The first-order valence-electron chi connectivity index (χ1n) is 5.93. The number of carboxylic acid groups (broad SMARTS) is 1. The molecule has 1 heterocycles. The number of hydrogen-bond acceptors (Lipinski definition) is 4. The Balaban J connectivity index is 2.73. The lowest BCUT2D eigenvalue weighted by molar-refractivity contribution is 0.0686. The molecule has 0 fully saturated rings. The van der Waals surface area contributed by atoms with Crippen molar-refractivity contribution in [3.05, 3.63) is 51.4 Å². The molecule has 0 bridgehead atoms. The Morgan fingerprint density at radius 1 is 1.35 bits per heavy atom. The van der Waals surface area contributed by atoms with E-state index in [4.69, 9.17) is 9.84 Å². The highest BCUT2D eigenvalue weighted by Crippen LogP contribution is 2.23. The van der Waals surface area contributed by atoms with Crippen molar-refractivity contribution in [3.8, 4) is 11.4 Å². The van der Waals surface area contributed by atoms with Crippen LogP contribution in [0.25, 0.3) is 5.69 Å². The van der Waals surface area contributed by atoms with Gasteiger partial charge in [-0.3, -0.25) is 4.79 Å². The third-order valence-electron chi connectivity index (χ3n) is 2.88. The highest BCUT2D eigenvalue weighted by Gasteiger charge is 2.15. The molecule has 0 saturated carbocycles. The monoisotopic (exact) mass is 274 g/mol. The topological polar surface area (TPSA) is 81.4 Å². The molecule has 0 atom stereocenters. The van der Waals surface area contributed by atoms with Crippen molar-refractivity contribution in [2.45, 2.75) is 13.8 Å². The second-order valence-electron chi connectivity index (χ2n) is 4.41. The van der Waals surface area contributed by atoms with Gasteiger partial charge < -0.3 is 9.84 Å².